The van der Waals surface area contributed by atoms with Gasteiger partial charge in [-0.1, -0.05) is 13.8 Å². The zero-order chi connectivity index (χ0) is 22.6. The van der Waals surface area contributed by atoms with Gasteiger partial charge < -0.3 is 19.7 Å². The summed E-state index contributed by atoms with van der Waals surface area (Å²) in [7, 11) is -3.29. The SMILES string of the molecule is CC(C)CNC(=O)N1CCC(OCC2CN(c3ccc(S(C)(=O)=O)cc3)C(=O)O2)CC1. The van der Waals surface area contributed by atoms with Gasteiger partial charge in [0.15, 0.2) is 9.84 Å². The molecule has 1 aromatic carbocycles. The van der Waals surface area contributed by atoms with Crippen molar-refractivity contribution in [2.45, 2.75) is 43.8 Å². The number of likely N-dealkylation sites (tertiary alicyclic amines) is 1. The number of nitrogens with one attached hydrogen (secondary N) is 1. The highest BCUT2D eigenvalue weighted by Crippen LogP contribution is 2.24. The Morgan fingerprint density at radius 1 is 1.23 bits per heavy atom. The van der Waals surface area contributed by atoms with E-state index in [2.05, 4.69) is 19.2 Å². The van der Waals surface area contributed by atoms with E-state index in [0.29, 0.717) is 37.8 Å². The minimum Gasteiger partial charge on any atom is -0.441 e. The number of anilines is 1. The van der Waals surface area contributed by atoms with Crippen LogP contribution in [0, 0.1) is 5.92 Å². The van der Waals surface area contributed by atoms with E-state index in [1.54, 1.807) is 17.0 Å². The maximum Gasteiger partial charge on any atom is 0.414 e. The summed E-state index contributed by atoms with van der Waals surface area (Å²) in [5, 5.41) is 2.93. The Kier molecular flexibility index (Phi) is 7.42. The summed E-state index contributed by atoms with van der Waals surface area (Å²) in [6.45, 7) is 6.68. The number of amides is 3. The van der Waals surface area contributed by atoms with Crippen LogP contribution in [0.5, 0.6) is 0 Å². The molecule has 1 atom stereocenters. The highest BCUT2D eigenvalue weighted by Gasteiger charge is 2.33. The Balaban J connectivity index is 1.43. The van der Waals surface area contributed by atoms with Gasteiger partial charge in [-0.25, -0.2) is 18.0 Å². The van der Waals surface area contributed by atoms with Crippen LogP contribution in [0.15, 0.2) is 29.2 Å². The number of hydrogen-bond acceptors (Lipinski definition) is 6. The molecule has 2 fully saturated rings. The van der Waals surface area contributed by atoms with Crippen molar-refractivity contribution in [2.24, 2.45) is 5.92 Å². The van der Waals surface area contributed by atoms with Crippen LogP contribution in [0.3, 0.4) is 0 Å². The molecular formula is C21H31N3O6S. The monoisotopic (exact) mass is 453 g/mol. The average molecular weight is 454 g/mol. The number of nitrogens with zero attached hydrogens (tertiary/aromatic N) is 2. The fourth-order valence-electron chi connectivity index (χ4n) is 3.56. The van der Waals surface area contributed by atoms with E-state index in [9.17, 15) is 18.0 Å². The van der Waals surface area contributed by atoms with Crippen LogP contribution < -0.4 is 10.2 Å². The van der Waals surface area contributed by atoms with Gasteiger partial charge in [0.05, 0.1) is 24.2 Å². The molecule has 2 aliphatic rings. The minimum atomic E-state index is -3.29. The maximum atomic E-state index is 12.2. The van der Waals surface area contributed by atoms with Gasteiger partial charge in [0.25, 0.3) is 0 Å². The molecule has 1 N–H and O–H groups in total. The fraction of sp³-hybridized carbons (Fsp3) is 0.619. The van der Waals surface area contributed by atoms with Crippen molar-refractivity contribution < 1.29 is 27.5 Å². The molecule has 2 aliphatic heterocycles. The molecule has 0 radical (unpaired) electrons. The highest BCUT2D eigenvalue weighted by atomic mass is 32.2. The standard InChI is InChI=1S/C21H31N3O6S/c1-15(2)12-22-20(25)23-10-8-17(9-11-23)29-14-18-13-24(21(26)30-18)16-4-6-19(7-5-16)31(3,27)28/h4-7,15,17-18H,8-14H2,1-3H3,(H,22,25). The van der Waals surface area contributed by atoms with Crippen LogP contribution in [0.25, 0.3) is 0 Å². The number of carbonyl (C=O) groups is 2. The topological polar surface area (TPSA) is 105 Å². The van der Waals surface area contributed by atoms with E-state index in [0.717, 1.165) is 19.1 Å². The molecule has 0 saturated carbocycles. The van der Waals surface area contributed by atoms with Gasteiger partial charge in [0.1, 0.15) is 6.10 Å². The lowest BCUT2D eigenvalue weighted by Crippen LogP contribution is -2.47. The molecule has 2 saturated heterocycles. The second-order valence-corrected chi connectivity index (χ2v) is 10.5. The summed E-state index contributed by atoms with van der Waals surface area (Å²) in [6, 6.07) is 6.12. The van der Waals surface area contributed by atoms with Crippen molar-refractivity contribution in [2.75, 3.05) is 43.9 Å². The summed E-state index contributed by atoms with van der Waals surface area (Å²) >= 11 is 0. The van der Waals surface area contributed by atoms with Crippen LogP contribution in [-0.2, 0) is 19.3 Å². The van der Waals surface area contributed by atoms with Crippen LogP contribution in [0.2, 0.25) is 0 Å². The summed E-state index contributed by atoms with van der Waals surface area (Å²) in [6.07, 6.45) is 1.78. The van der Waals surface area contributed by atoms with E-state index in [1.807, 2.05) is 0 Å². The molecule has 1 aromatic rings. The van der Waals surface area contributed by atoms with Gasteiger partial charge >= 0.3 is 12.1 Å². The number of sulfone groups is 1. The largest absolute Gasteiger partial charge is 0.441 e. The van der Waals surface area contributed by atoms with Gasteiger partial charge in [0, 0.05) is 31.6 Å². The van der Waals surface area contributed by atoms with Crippen LogP contribution >= 0.6 is 0 Å². The number of hydrogen-bond donors (Lipinski definition) is 1. The van der Waals surface area contributed by atoms with Gasteiger partial charge in [0.2, 0.25) is 0 Å². The lowest BCUT2D eigenvalue weighted by molar-refractivity contribution is -0.0228. The first-order valence-electron chi connectivity index (χ1n) is 10.6. The maximum absolute atomic E-state index is 12.2. The van der Waals surface area contributed by atoms with Crippen molar-refractivity contribution in [3.05, 3.63) is 24.3 Å². The molecule has 3 amide bonds. The third-order valence-electron chi connectivity index (χ3n) is 5.36. The van der Waals surface area contributed by atoms with Crippen LogP contribution in [-0.4, -0.2) is 76.7 Å². The highest BCUT2D eigenvalue weighted by molar-refractivity contribution is 7.90. The first kappa shape index (κ1) is 23.3. The van der Waals surface area contributed by atoms with Crippen molar-refractivity contribution in [1.29, 1.82) is 0 Å². The molecule has 2 heterocycles. The zero-order valence-corrected chi connectivity index (χ0v) is 19.1. The second-order valence-electron chi connectivity index (χ2n) is 8.48. The summed E-state index contributed by atoms with van der Waals surface area (Å²) < 4.78 is 34.5. The fourth-order valence-corrected chi connectivity index (χ4v) is 4.20. The normalized spacial score (nSPS) is 20.3. The van der Waals surface area contributed by atoms with Crippen LogP contribution in [0.4, 0.5) is 15.3 Å². The van der Waals surface area contributed by atoms with Crippen LogP contribution in [0.1, 0.15) is 26.7 Å². The number of cyclic esters (lactones) is 1. The quantitative estimate of drug-likeness (QED) is 0.679. The number of carbonyl (C=O) groups excluding carboxylic acids is 2. The van der Waals surface area contributed by atoms with E-state index in [1.165, 1.54) is 17.0 Å². The number of ether oxygens (including phenoxy) is 2. The van der Waals surface area contributed by atoms with Crippen molar-refractivity contribution in [1.82, 2.24) is 10.2 Å². The Labute approximate surface area is 183 Å². The van der Waals surface area contributed by atoms with E-state index in [4.69, 9.17) is 9.47 Å². The summed E-state index contributed by atoms with van der Waals surface area (Å²) in [5.74, 6) is 0.413. The number of benzene rings is 1. The lowest BCUT2D eigenvalue weighted by Gasteiger charge is -2.32. The molecule has 0 aromatic heterocycles. The lowest BCUT2D eigenvalue weighted by atomic mass is 10.1. The molecule has 172 valence electrons. The number of urea groups is 1. The molecule has 0 aliphatic carbocycles. The van der Waals surface area contributed by atoms with Gasteiger partial charge in [-0.05, 0) is 43.0 Å². The van der Waals surface area contributed by atoms with Gasteiger partial charge in [-0.15, -0.1) is 0 Å². The Morgan fingerprint density at radius 2 is 1.87 bits per heavy atom. The molecule has 9 nitrogen and oxygen atoms in total. The van der Waals surface area contributed by atoms with Crippen molar-refractivity contribution in [3.8, 4) is 0 Å². The molecule has 0 spiro atoms. The van der Waals surface area contributed by atoms with E-state index >= 15 is 0 Å². The molecular weight excluding hydrogens is 422 g/mol. The molecule has 31 heavy (non-hydrogen) atoms. The Morgan fingerprint density at radius 3 is 2.45 bits per heavy atom. The molecule has 1 unspecified atom stereocenters. The van der Waals surface area contributed by atoms with Gasteiger partial charge in [-0.3, -0.25) is 4.90 Å². The molecule has 0 bridgehead atoms. The van der Waals surface area contributed by atoms with Crippen molar-refractivity contribution in [3.63, 3.8) is 0 Å². The predicted molar refractivity (Wildman–Crippen MR) is 116 cm³/mol. The second kappa shape index (κ2) is 9.86. The summed E-state index contributed by atoms with van der Waals surface area (Å²) in [4.78, 5) is 27.8. The average Bonchev–Trinajstić information content (AvgIpc) is 3.11. The van der Waals surface area contributed by atoms with E-state index in [-0.39, 0.29) is 23.6 Å². The first-order valence-corrected chi connectivity index (χ1v) is 12.4. The Hall–Kier alpha value is -2.33. The molecule has 3 rings (SSSR count). The number of rotatable bonds is 7. The first-order chi connectivity index (χ1) is 14.6. The van der Waals surface area contributed by atoms with Crippen molar-refractivity contribution >= 4 is 27.6 Å². The van der Waals surface area contributed by atoms with E-state index < -0.39 is 22.0 Å². The third kappa shape index (κ3) is 6.33. The predicted octanol–water partition coefficient (Wildman–Crippen LogP) is 2.26. The molecule has 10 heteroatoms. The Bertz CT molecular complexity index is 879. The number of piperidine rings is 1. The van der Waals surface area contributed by atoms with Gasteiger partial charge in [-0.2, -0.15) is 0 Å². The third-order valence-corrected chi connectivity index (χ3v) is 6.49. The zero-order valence-electron chi connectivity index (χ0n) is 18.2. The summed E-state index contributed by atoms with van der Waals surface area (Å²) in [5.41, 5.74) is 0.584. The minimum absolute atomic E-state index is 0.0240. The smallest absolute Gasteiger partial charge is 0.414 e.